The van der Waals surface area contributed by atoms with Gasteiger partial charge in [-0.2, -0.15) is 0 Å². The van der Waals surface area contributed by atoms with E-state index in [-0.39, 0.29) is 5.92 Å². The molecule has 1 aliphatic carbocycles. The van der Waals surface area contributed by atoms with Gasteiger partial charge in [-0.3, -0.25) is 0 Å². The van der Waals surface area contributed by atoms with Gasteiger partial charge in [-0.15, -0.1) is 0 Å². The molecule has 0 aromatic rings. The first-order chi connectivity index (χ1) is 5.62. The van der Waals surface area contributed by atoms with Crippen LogP contribution in [-0.4, -0.2) is 5.67 Å². The Morgan fingerprint density at radius 2 is 2.00 bits per heavy atom. The SMILES string of the molecule is CCC(/C=C\C1(F)CC1C)CC. The van der Waals surface area contributed by atoms with E-state index in [1.165, 1.54) is 0 Å². The molecule has 0 N–H and O–H groups in total. The molecule has 1 saturated carbocycles. The van der Waals surface area contributed by atoms with Gasteiger partial charge < -0.3 is 0 Å². The molecule has 1 fully saturated rings. The van der Waals surface area contributed by atoms with Gasteiger partial charge in [0.15, 0.2) is 0 Å². The van der Waals surface area contributed by atoms with E-state index in [0.29, 0.717) is 5.92 Å². The van der Waals surface area contributed by atoms with Gasteiger partial charge in [0, 0.05) is 0 Å². The minimum atomic E-state index is -0.942. The summed E-state index contributed by atoms with van der Waals surface area (Å²) in [7, 11) is 0. The van der Waals surface area contributed by atoms with Crippen LogP contribution in [-0.2, 0) is 0 Å². The second-order valence-electron chi connectivity index (χ2n) is 3.97. The Morgan fingerprint density at radius 3 is 2.33 bits per heavy atom. The highest BCUT2D eigenvalue weighted by Gasteiger charge is 2.49. The van der Waals surface area contributed by atoms with Crippen LogP contribution in [0, 0.1) is 11.8 Å². The standard InChI is InChI=1S/C11H19F/c1-4-10(5-2)6-7-11(12)8-9(11)3/h6-7,9-10H,4-5,8H2,1-3H3/b7-6-. The Balaban J connectivity index is 2.39. The van der Waals surface area contributed by atoms with Gasteiger partial charge in [0.05, 0.1) is 0 Å². The average Bonchev–Trinajstić information content (AvgIpc) is 2.62. The number of hydrogen-bond donors (Lipinski definition) is 0. The fourth-order valence-corrected chi connectivity index (χ4v) is 1.50. The average molecular weight is 170 g/mol. The molecule has 12 heavy (non-hydrogen) atoms. The summed E-state index contributed by atoms with van der Waals surface area (Å²) in [5, 5.41) is 0. The lowest BCUT2D eigenvalue weighted by Crippen LogP contribution is -1.99. The molecule has 70 valence electrons. The summed E-state index contributed by atoms with van der Waals surface area (Å²) in [6, 6.07) is 0. The van der Waals surface area contributed by atoms with Crippen molar-refractivity contribution in [2.75, 3.05) is 0 Å². The van der Waals surface area contributed by atoms with Crippen LogP contribution < -0.4 is 0 Å². The van der Waals surface area contributed by atoms with Gasteiger partial charge >= 0.3 is 0 Å². The van der Waals surface area contributed by atoms with Gasteiger partial charge in [-0.05, 0) is 31.1 Å². The van der Waals surface area contributed by atoms with Crippen LogP contribution in [0.2, 0.25) is 0 Å². The molecule has 1 aliphatic rings. The molecule has 0 aromatic heterocycles. The third-order valence-corrected chi connectivity index (χ3v) is 2.97. The van der Waals surface area contributed by atoms with Crippen LogP contribution in [0.3, 0.4) is 0 Å². The number of hydrogen-bond acceptors (Lipinski definition) is 0. The lowest BCUT2D eigenvalue weighted by molar-refractivity contribution is 0.353. The van der Waals surface area contributed by atoms with Crippen molar-refractivity contribution in [3.8, 4) is 0 Å². The highest BCUT2D eigenvalue weighted by Crippen LogP contribution is 2.48. The fourth-order valence-electron chi connectivity index (χ4n) is 1.50. The topological polar surface area (TPSA) is 0 Å². The summed E-state index contributed by atoms with van der Waals surface area (Å²) in [6.45, 7) is 6.27. The number of allylic oxidation sites excluding steroid dienone is 2. The molecule has 2 unspecified atom stereocenters. The molecule has 2 atom stereocenters. The zero-order valence-corrected chi connectivity index (χ0v) is 8.31. The second kappa shape index (κ2) is 3.59. The molecule has 0 radical (unpaired) electrons. The molecule has 0 amide bonds. The Bertz CT molecular complexity index is 170. The van der Waals surface area contributed by atoms with Crippen LogP contribution in [0.5, 0.6) is 0 Å². The molecule has 1 heteroatoms. The number of alkyl halides is 1. The van der Waals surface area contributed by atoms with Gasteiger partial charge in [-0.25, -0.2) is 4.39 Å². The van der Waals surface area contributed by atoms with E-state index in [0.717, 1.165) is 19.3 Å². The highest BCUT2D eigenvalue weighted by atomic mass is 19.1. The zero-order valence-electron chi connectivity index (χ0n) is 8.31. The summed E-state index contributed by atoms with van der Waals surface area (Å²) in [5.74, 6) is 0.827. The molecule has 0 aromatic carbocycles. The maximum absolute atomic E-state index is 13.4. The largest absolute Gasteiger partial charge is 0.239 e. The summed E-state index contributed by atoms with van der Waals surface area (Å²) >= 11 is 0. The van der Waals surface area contributed by atoms with Crippen molar-refractivity contribution >= 4 is 0 Å². The smallest absolute Gasteiger partial charge is 0.132 e. The maximum Gasteiger partial charge on any atom is 0.132 e. The minimum absolute atomic E-state index is 0.253. The van der Waals surface area contributed by atoms with E-state index in [1.807, 2.05) is 6.92 Å². The van der Waals surface area contributed by atoms with Gasteiger partial charge in [0.2, 0.25) is 0 Å². The van der Waals surface area contributed by atoms with Crippen LogP contribution in [0.4, 0.5) is 4.39 Å². The Hall–Kier alpha value is -0.330. The van der Waals surface area contributed by atoms with Crippen molar-refractivity contribution in [1.29, 1.82) is 0 Å². The zero-order chi connectivity index (χ0) is 9.19. The number of halogens is 1. The predicted octanol–water partition coefficient (Wildman–Crippen LogP) is 3.73. The first-order valence-electron chi connectivity index (χ1n) is 5.00. The monoisotopic (exact) mass is 170 g/mol. The lowest BCUT2D eigenvalue weighted by atomic mass is 10.0. The first kappa shape index (κ1) is 9.76. The molecular formula is C11H19F. The normalized spacial score (nSPS) is 34.9. The highest BCUT2D eigenvalue weighted by molar-refractivity contribution is 5.16. The predicted molar refractivity (Wildman–Crippen MR) is 50.8 cm³/mol. The Labute approximate surface area is 74.9 Å². The van der Waals surface area contributed by atoms with Crippen LogP contribution >= 0.6 is 0 Å². The summed E-state index contributed by atoms with van der Waals surface area (Å²) in [5.41, 5.74) is -0.942. The molecule has 1 rings (SSSR count). The van der Waals surface area contributed by atoms with E-state index < -0.39 is 5.67 Å². The quantitative estimate of drug-likeness (QED) is 0.564. The van der Waals surface area contributed by atoms with Gasteiger partial charge in [0.1, 0.15) is 5.67 Å². The van der Waals surface area contributed by atoms with E-state index in [2.05, 4.69) is 19.9 Å². The maximum atomic E-state index is 13.4. The molecule has 0 heterocycles. The Morgan fingerprint density at radius 1 is 1.50 bits per heavy atom. The van der Waals surface area contributed by atoms with Crippen molar-refractivity contribution in [3.05, 3.63) is 12.2 Å². The third kappa shape index (κ3) is 2.09. The van der Waals surface area contributed by atoms with Crippen molar-refractivity contribution in [2.45, 2.75) is 45.7 Å². The molecular weight excluding hydrogens is 151 g/mol. The molecule has 0 nitrogen and oxygen atoms in total. The van der Waals surface area contributed by atoms with E-state index >= 15 is 0 Å². The molecule has 0 saturated heterocycles. The van der Waals surface area contributed by atoms with Crippen molar-refractivity contribution in [2.24, 2.45) is 11.8 Å². The van der Waals surface area contributed by atoms with Crippen molar-refractivity contribution in [3.63, 3.8) is 0 Å². The minimum Gasteiger partial charge on any atom is -0.239 e. The summed E-state index contributed by atoms with van der Waals surface area (Å²) < 4.78 is 13.4. The van der Waals surface area contributed by atoms with E-state index in [4.69, 9.17) is 0 Å². The van der Waals surface area contributed by atoms with Gasteiger partial charge in [-0.1, -0.05) is 32.9 Å². The van der Waals surface area contributed by atoms with Crippen molar-refractivity contribution < 1.29 is 4.39 Å². The summed E-state index contributed by atoms with van der Waals surface area (Å²) in [6.07, 6.45) is 6.82. The summed E-state index contributed by atoms with van der Waals surface area (Å²) in [4.78, 5) is 0. The van der Waals surface area contributed by atoms with Crippen LogP contribution in [0.15, 0.2) is 12.2 Å². The molecule has 0 spiro atoms. The second-order valence-corrected chi connectivity index (χ2v) is 3.97. The van der Waals surface area contributed by atoms with Crippen LogP contribution in [0.25, 0.3) is 0 Å². The van der Waals surface area contributed by atoms with E-state index in [9.17, 15) is 4.39 Å². The third-order valence-electron chi connectivity index (χ3n) is 2.97. The van der Waals surface area contributed by atoms with Crippen molar-refractivity contribution in [1.82, 2.24) is 0 Å². The van der Waals surface area contributed by atoms with Gasteiger partial charge in [0.25, 0.3) is 0 Å². The first-order valence-corrected chi connectivity index (χ1v) is 5.00. The lowest BCUT2D eigenvalue weighted by Gasteiger charge is -2.06. The van der Waals surface area contributed by atoms with E-state index in [1.54, 1.807) is 6.08 Å². The number of rotatable bonds is 4. The molecule has 0 aliphatic heterocycles. The Kier molecular flexibility index (Phi) is 2.92. The fraction of sp³-hybridized carbons (Fsp3) is 0.818. The van der Waals surface area contributed by atoms with Crippen LogP contribution in [0.1, 0.15) is 40.0 Å². The molecule has 0 bridgehead atoms.